The number of rotatable bonds is 4. The molecule has 124 valence electrons. The van der Waals surface area contributed by atoms with E-state index in [1.165, 1.54) is 17.2 Å². The summed E-state index contributed by atoms with van der Waals surface area (Å²) in [5.41, 5.74) is 2.18. The Morgan fingerprint density at radius 3 is 2.23 bits per heavy atom. The molecule has 0 spiro atoms. The maximum atomic E-state index is 12.5. The number of hydrogen-bond donors (Lipinski definition) is 0. The van der Waals surface area contributed by atoms with Gasteiger partial charge >= 0.3 is 6.18 Å². The van der Waals surface area contributed by atoms with Gasteiger partial charge in [-0.1, -0.05) is 44.2 Å². The van der Waals surface area contributed by atoms with Gasteiger partial charge in [-0.15, -0.1) is 12.4 Å². The molecule has 0 radical (unpaired) electrons. The van der Waals surface area contributed by atoms with Gasteiger partial charge in [0.05, 0.1) is 0 Å². The molecule has 1 nitrogen and oxygen atoms in total. The minimum Gasteiger partial charge on any atom is -0.299 e. The zero-order valence-electron chi connectivity index (χ0n) is 13.0. The van der Waals surface area contributed by atoms with Crippen LogP contribution >= 0.6 is 12.4 Å². The van der Waals surface area contributed by atoms with E-state index >= 15 is 0 Å². The minimum atomic E-state index is -4.15. The topological polar surface area (TPSA) is 3.24 Å². The lowest BCUT2D eigenvalue weighted by atomic mass is 10.0. The summed E-state index contributed by atoms with van der Waals surface area (Å²) in [5, 5.41) is 0. The SMILES string of the molecule is CC(C)c1ccc(CCN2CC=C(C(F)(F)F)CC2)cc1.Cl. The van der Waals surface area contributed by atoms with Crippen LogP contribution < -0.4 is 0 Å². The fourth-order valence-corrected chi connectivity index (χ4v) is 2.53. The summed E-state index contributed by atoms with van der Waals surface area (Å²) in [6.07, 6.45) is -1.84. The van der Waals surface area contributed by atoms with Crippen molar-refractivity contribution in [1.29, 1.82) is 0 Å². The van der Waals surface area contributed by atoms with Gasteiger partial charge in [-0.2, -0.15) is 13.2 Å². The summed E-state index contributed by atoms with van der Waals surface area (Å²) in [7, 11) is 0. The maximum Gasteiger partial charge on any atom is 0.412 e. The second-order valence-corrected chi connectivity index (χ2v) is 5.92. The summed E-state index contributed by atoms with van der Waals surface area (Å²) in [5.74, 6) is 0.520. The lowest BCUT2D eigenvalue weighted by Crippen LogP contribution is -2.33. The van der Waals surface area contributed by atoms with Gasteiger partial charge in [0.1, 0.15) is 0 Å². The predicted octanol–water partition coefficient (Wildman–Crippen LogP) is 4.97. The third-order valence-corrected chi connectivity index (χ3v) is 4.02. The standard InChI is InChI=1S/C17H22F3N.ClH/c1-13(2)15-5-3-14(4-6-15)7-10-21-11-8-16(9-12-21)17(18,19)20;/h3-6,8,13H,7,9-12H2,1-2H3;1H. The highest BCUT2D eigenvalue weighted by atomic mass is 35.5. The Morgan fingerprint density at radius 1 is 1.14 bits per heavy atom. The first-order valence-electron chi connectivity index (χ1n) is 7.43. The van der Waals surface area contributed by atoms with Crippen molar-refractivity contribution in [2.24, 2.45) is 0 Å². The molecule has 0 aromatic heterocycles. The zero-order valence-corrected chi connectivity index (χ0v) is 13.8. The Balaban J connectivity index is 0.00000242. The molecular weight excluding hydrogens is 311 g/mol. The molecule has 0 amide bonds. The highest BCUT2D eigenvalue weighted by Crippen LogP contribution is 2.30. The van der Waals surface area contributed by atoms with Crippen LogP contribution in [0, 0.1) is 0 Å². The van der Waals surface area contributed by atoms with Crippen LogP contribution in [-0.4, -0.2) is 30.7 Å². The van der Waals surface area contributed by atoms with E-state index in [4.69, 9.17) is 0 Å². The van der Waals surface area contributed by atoms with Crippen molar-refractivity contribution >= 4 is 12.4 Å². The van der Waals surface area contributed by atoms with Gasteiger partial charge in [-0.05, 0) is 29.9 Å². The minimum absolute atomic E-state index is 0. The Morgan fingerprint density at radius 2 is 1.77 bits per heavy atom. The van der Waals surface area contributed by atoms with Crippen LogP contribution in [0.2, 0.25) is 0 Å². The van der Waals surface area contributed by atoms with E-state index in [1.54, 1.807) is 0 Å². The number of alkyl halides is 3. The molecule has 0 atom stereocenters. The fraction of sp³-hybridized carbons (Fsp3) is 0.529. The van der Waals surface area contributed by atoms with E-state index in [0.29, 0.717) is 19.0 Å². The molecule has 1 aliphatic rings. The summed E-state index contributed by atoms with van der Waals surface area (Å²) >= 11 is 0. The molecule has 0 saturated carbocycles. The third-order valence-electron chi connectivity index (χ3n) is 4.02. The van der Waals surface area contributed by atoms with E-state index in [2.05, 4.69) is 43.0 Å². The summed E-state index contributed by atoms with van der Waals surface area (Å²) < 4.78 is 37.6. The van der Waals surface area contributed by atoms with Crippen molar-refractivity contribution in [1.82, 2.24) is 4.90 Å². The van der Waals surface area contributed by atoms with Crippen molar-refractivity contribution < 1.29 is 13.2 Å². The molecule has 0 fully saturated rings. The zero-order chi connectivity index (χ0) is 15.5. The monoisotopic (exact) mass is 333 g/mol. The Kier molecular flexibility index (Phi) is 6.95. The van der Waals surface area contributed by atoms with Crippen molar-refractivity contribution in [3.8, 4) is 0 Å². The fourth-order valence-electron chi connectivity index (χ4n) is 2.53. The van der Waals surface area contributed by atoms with Crippen LogP contribution in [0.5, 0.6) is 0 Å². The van der Waals surface area contributed by atoms with Crippen LogP contribution in [0.15, 0.2) is 35.9 Å². The van der Waals surface area contributed by atoms with Crippen molar-refractivity contribution in [2.45, 2.75) is 38.8 Å². The van der Waals surface area contributed by atoms with Crippen LogP contribution in [0.3, 0.4) is 0 Å². The molecule has 1 aromatic rings. The van der Waals surface area contributed by atoms with Gasteiger partial charge < -0.3 is 0 Å². The van der Waals surface area contributed by atoms with Crippen LogP contribution in [-0.2, 0) is 6.42 Å². The molecular formula is C17H23ClF3N. The van der Waals surface area contributed by atoms with Crippen molar-refractivity contribution in [2.75, 3.05) is 19.6 Å². The molecule has 0 unspecified atom stereocenters. The second-order valence-electron chi connectivity index (χ2n) is 5.92. The summed E-state index contributed by atoms with van der Waals surface area (Å²) in [6, 6.07) is 8.52. The third kappa shape index (κ3) is 5.33. The Labute approximate surface area is 136 Å². The summed E-state index contributed by atoms with van der Waals surface area (Å²) in [4.78, 5) is 2.07. The van der Waals surface area contributed by atoms with Crippen LogP contribution in [0.1, 0.15) is 37.3 Å². The Bertz CT molecular complexity index is 492. The normalized spacial score (nSPS) is 16.4. The molecule has 0 bridgehead atoms. The number of nitrogens with zero attached hydrogens (tertiary/aromatic N) is 1. The van der Waals surface area contributed by atoms with Gasteiger partial charge in [0.25, 0.3) is 0 Å². The number of hydrogen-bond acceptors (Lipinski definition) is 1. The van der Waals surface area contributed by atoms with Gasteiger partial charge in [-0.25, -0.2) is 0 Å². The van der Waals surface area contributed by atoms with E-state index < -0.39 is 6.18 Å². The second kappa shape index (κ2) is 8.02. The molecule has 22 heavy (non-hydrogen) atoms. The average molecular weight is 334 g/mol. The predicted molar refractivity (Wildman–Crippen MR) is 86.7 cm³/mol. The number of benzene rings is 1. The summed E-state index contributed by atoms with van der Waals surface area (Å²) in [6.45, 7) is 6.03. The first-order chi connectivity index (χ1) is 9.86. The maximum absolute atomic E-state index is 12.5. The molecule has 0 N–H and O–H groups in total. The van der Waals surface area contributed by atoms with Crippen LogP contribution in [0.25, 0.3) is 0 Å². The van der Waals surface area contributed by atoms with Gasteiger partial charge in [0.15, 0.2) is 0 Å². The van der Waals surface area contributed by atoms with E-state index in [0.717, 1.165) is 13.0 Å². The molecule has 1 aliphatic heterocycles. The van der Waals surface area contributed by atoms with Crippen molar-refractivity contribution in [3.63, 3.8) is 0 Å². The first-order valence-corrected chi connectivity index (χ1v) is 7.43. The lowest BCUT2D eigenvalue weighted by Gasteiger charge is -2.27. The number of halogens is 4. The van der Waals surface area contributed by atoms with Gasteiger partial charge in [0, 0.05) is 25.2 Å². The van der Waals surface area contributed by atoms with Crippen molar-refractivity contribution in [3.05, 3.63) is 47.0 Å². The van der Waals surface area contributed by atoms with E-state index in [-0.39, 0.29) is 24.4 Å². The Hall–Kier alpha value is -1.00. The van der Waals surface area contributed by atoms with Gasteiger partial charge in [-0.3, -0.25) is 4.90 Å². The largest absolute Gasteiger partial charge is 0.412 e. The smallest absolute Gasteiger partial charge is 0.299 e. The molecule has 5 heteroatoms. The molecule has 0 aliphatic carbocycles. The molecule has 0 saturated heterocycles. The van der Waals surface area contributed by atoms with E-state index in [1.807, 2.05) is 0 Å². The molecule has 1 heterocycles. The first kappa shape index (κ1) is 19.0. The average Bonchev–Trinajstić information content (AvgIpc) is 2.45. The lowest BCUT2D eigenvalue weighted by molar-refractivity contribution is -0.0959. The highest BCUT2D eigenvalue weighted by molar-refractivity contribution is 5.85. The van der Waals surface area contributed by atoms with Crippen LogP contribution in [0.4, 0.5) is 13.2 Å². The van der Waals surface area contributed by atoms with Gasteiger partial charge in [0.2, 0.25) is 0 Å². The highest BCUT2D eigenvalue weighted by Gasteiger charge is 2.34. The van der Waals surface area contributed by atoms with E-state index in [9.17, 15) is 13.2 Å². The quantitative estimate of drug-likeness (QED) is 0.703. The molecule has 2 rings (SSSR count). The molecule has 1 aromatic carbocycles.